The van der Waals surface area contributed by atoms with Gasteiger partial charge in [-0.1, -0.05) is 24.3 Å². The molecule has 0 aliphatic carbocycles. The number of urea groups is 1. The van der Waals surface area contributed by atoms with Crippen LogP contribution in [0.4, 0.5) is 10.5 Å². The highest BCUT2D eigenvalue weighted by Crippen LogP contribution is 2.27. The molecular weight excluding hydrogens is 306 g/mol. The zero-order valence-electron chi connectivity index (χ0n) is 12.4. The summed E-state index contributed by atoms with van der Waals surface area (Å²) in [5.41, 5.74) is 6.28. The van der Waals surface area contributed by atoms with Crippen LogP contribution in [0.3, 0.4) is 0 Å². The highest BCUT2D eigenvalue weighted by atomic mass is 16.3. The number of hydrogen-bond acceptors (Lipinski definition) is 4. The first-order chi connectivity index (χ1) is 11.5. The maximum Gasteiger partial charge on any atom is 0.368 e. The minimum absolute atomic E-state index is 0.0766. The number of nitrogens with two attached hydrogens (primary N) is 1. The monoisotopic (exact) mass is 317 g/mol. The van der Waals surface area contributed by atoms with Crippen LogP contribution in [0, 0.1) is 0 Å². The average molecular weight is 317 g/mol. The Balaban J connectivity index is 1.98. The first kappa shape index (κ1) is 14.1. The van der Waals surface area contributed by atoms with Crippen LogP contribution < -0.4 is 16.4 Å². The fraction of sp³-hybridized carbons (Fsp3) is 0. The van der Waals surface area contributed by atoms with E-state index in [4.69, 9.17) is 5.73 Å². The molecular formula is C18H11N3O3. The largest absolute Gasteiger partial charge is 0.507 e. The molecule has 0 spiro atoms. The summed E-state index contributed by atoms with van der Waals surface area (Å²) in [6.45, 7) is 0. The number of ketones is 1. The maximum absolute atomic E-state index is 12.9. The summed E-state index contributed by atoms with van der Waals surface area (Å²) in [5, 5.41) is 12.3. The third-order valence-corrected chi connectivity index (χ3v) is 3.95. The average Bonchev–Trinajstić information content (AvgIpc) is 2.93. The number of aromatic hydroxyl groups is 1. The van der Waals surface area contributed by atoms with Gasteiger partial charge < -0.3 is 10.8 Å². The van der Waals surface area contributed by atoms with Crippen molar-refractivity contribution in [1.82, 2.24) is 0 Å². The molecule has 6 heteroatoms. The van der Waals surface area contributed by atoms with Crippen molar-refractivity contribution in [3.63, 3.8) is 0 Å². The number of nitrogen functional groups attached to an aromatic ring is 1. The number of carbonyl (C=O) groups is 2. The van der Waals surface area contributed by atoms with Crippen molar-refractivity contribution in [2.45, 2.75) is 0 Å². The van der Waals surface area contributed by atoms with Crippen molar-refractivity contribution >= 4 is 28.3 Å². The van der Waals surface area contributed by atoms with Gasteiger partial charge in [-0.3, -0.25) is 4.79 Å². The number of benzene rings is 3. The van der Waals surface area contributed by atoms with Crippen LogP contribution in [0.15, 0.2) is 58.5 Å². The molecule has 0 saturated carbocycles. The van der Waals surface area contributed by atoms with E-state index in [0.29, 0.717) is 5.36 Å². The molecule has 0 saturated heterocycles. The first-order valence-corrected chi connectivity index (χ1v) is 7.21. The third kappa shape index (κ3) is 2.04. The third-order valence-electron chi connectivity index (χ3n) is 3.95. The number of nitrogens with zero attached hydrogens (tertiary/aromatic N) is 2. The molecule has 0 bridgehead atoms. The van der Waals surface area contributed by atoms with Crippen molar-refractivity contribution < 1.29 is 14.7 Å². The second-order valence-electron chi connectivity index (χ2n) is 5.45. The molecule has 6 nitrogen and oxygen atoms in total. The fourth-order valence-electron chi connectivity index (χ4n) is 2.81. The van der Waals surface area contributed by atoms with Crippen LogP contribution in [-0.2, 0) is 0 Å². The van der Waals surface area contributed by atoms with E-state index in [2.05, 4.69) is 9.98 Å². The summed E-state index contributed by atoms with van der Waals surface area (Å²) in [6.07, 6.45) is 0. The Labute approximate surface area is 135 Å². The molecule has 4 rings (SSSR count). The van der Waals surface area contributed by atoms with E-state index in [1.165, 1.54) is 18.2 Å². The fourth-order valence-corrected chi connectivity index (χ4v) is 2.81. The molecule has 3 aromatic carbocycles. The Morgan fingerprint density at radius 1 is 1.00 bits per heavy atom. The van der Waals surface area contributed by atoms with Gasteiger partial charge in [-0.15, -0.1) is 0 Å². The standard InChI is InChI=1S/C18H11N3O3/c19-12-5-6-13-16(21-18(24)20-13)15(12)17(23)11-7-9-3-1-2-4-10(9)8-14(11)22/h1-8,22H,19H2. The van der Waals surface area contributed by atoms with Crippen molar-refractivity contribution in [3.8, 4) is 5.75 Å². The Morgan fingerprint density at radius 2 is 1.71 bits per heavy atom. The van der Waals surface area contributed by atoms with Crippen LogP contribution in [0.1, 0.15) is 15.9 Å². The van der Waals surface area contributed by atoms with Crippen molar-refractivity contribution in [2.24, 2.45) is 9.98 Å². The molecule has 2 amide bonds. The summed E-state index contributed by atoms with van der Waals surface area (Å²) in [5.74, 6) is -0.654. The number of anilines is 1. The lowest BCUT2D eigenvalue weighted by molar-refractivity contribution is 0.103. The molecule has 0 unspecified atom stereocenters. The number of fused-ring (bicyclic) bond motifs is 2. The number of phenolic OH excluding ortho intramolecular Hbond substituents is 1. The maximum atomic E-state index is 12.9. The lowest BCUT2D eigenvalue weighted by Gasteiger charge is -2.08. The number of amides is 2. The van der Waals surface area contributed by atoms with Crippen LogP contribution in [0.2, 0.25) is 0 Å². The summed E-state index contributed by atoms with van der Waals surface area (Å²) in [6, 6.07) is 12.9. The molecule has 1 aliphatic heterocycles. The van der Waals surface area contributed by atoms with E-state index in [0.717, 1.165) is 10.8 Å². The molecule has 3 N–H and O–H groups in total. The molecule has 0 fully saturated rings. The molecule has 3 aromatic rings. The van der Waals surface area contributed by atoms with Gasteiger partial charge in [0.25, 0.3) is 0 Å². The Hall–Kier alpha value is -3.54. The molecule has 1 heterocycles. The number of carbonyl (C=O) groups excluding carboxylic acids is 2. The molecule has 0 radical (unpaired) electrons. The van der Waals surface area contributed by atoms with Gasteiger partial charge in [0.2, 0.25) is 5.78 Å². The molecule has 1 aliphatic rings. The minimum Gasteiger partial charge on any atom is -0.507 e. The zero-order valence-corrected chi connectivity index (χ0v) is 12.4. The molecule has 24 heavy (non-hydrogen) atoms. The quantitative estimate of drug-likeness (QED) is 0.554. The van der Waals surface area contributed by atoms with Gasteiger partial charge in [0, 0.05) is 5.69 Å². The zero-order chi connectivity index (χ0) is 16.8. The van der Waals surface area contributed by atoms with Gasteiger partial charge in [-0.05, 0) is 35.0 Å². The van der Waals surface area contributed by atoms with E-state index in [-0.39, 0.29) is 27.9 Å². The van der Waals surface area contributed by atoms with Crippen LogP contribution >= 0.6 is 0 Å². The smallest absolute Gasteiger partial charge is 0.368 e. The summed E-state index contributed by atoms with van der Waals surface area (Å²) in [7, 11) is 0. The predicted molar refractivity (Wildman–Crippen MR) is 87.6 cm³/mol. The Morgan fingerprint density at radius 3 is 2.46 bits per heavy atom. The van der Waals surface area contributed by atoms with Gasteiger partial charge >= 0.3 is 6.03 Å². The normalized spacial score (nSPS) is 12.6. The predicted octanol–water partition coefficient (Wildman–Crippen LogP) is 1.73. The Bertz CT molecular complexity index is 1170. The van der Waals surface area contributed by atoms with Crippen molar-refractivity contribution in [3.05, 3.63) is 70.4 Å². The second kappa shape index (κ2) is 4.99. The lowest BCUT2D eigenvalue weighted by Crippen LogP contribution is -2.30. The van der Waals surface area contributed by atoms with E-state index in [9.17, 15) is 14.7 Å². The second-order valence-corrected chi connectivity index (χ2v) is 5.45. The molecule has 0 atom stereocenters. The van der Waals surface area contributed by atoms with Gasteiger partial charge in [0.15, 0.2) is 0 Å². The van der Waals surface area contributed by atoms with Gasteiger partial charge in [-0.2, -0.15) is 9.98 Å². The highest BCUT2D eigenvalue weighted by molar-refractivity contribution is 6.15. The van der Waals surface area contributed by atoms with Crippen LogP contribution in [-0.4, -0.2) is 16.9 Å². The minimum atomic E-state index is -0.674. The lowest BCUT2D eigenvalue weighted by atomic mass is 9.97. The van der Waals surface area contributed by atoms with E-state index >= 15 is 0 Å². The first-order valence-electron chi connectivity index (χ1n) is 7.21. The summed E-state index contributed by atoms with van der Waals surface area (Å²) in [4.78, 5) is 31.9. The Kier molecular flexibility index (Phi) is 2.93. The van der Waals surface area contributed by atoms with Gasteiger partial charge in [0.1, 0.15) is 11.1 Å². The number of hydrogen-bond donors (Lipinski definition) is 2. The van der Waals surface area contributed by atoms with E-state index in [1.54, 1.807) is 6.07 Å². The molecule has 0 aromatic heterocycles. The SMILES string of the molecule is Nc1ccc2c(c1C(=O)c1cc3ccccc3cc1O)=NC(=O)N=2. The van der Waals surface area contributed by atoms with Crippen molar-refractivity contribution in [2.75, 3.05) is 5.73 Å². The van der Waals surface area contributed by atoms with Crippen LogP contribution in [0.25, 0.3) is 10.8 Å². The highest BCUT2D eigenvalue weighted by Gasteiger charge is 2.22. The summed E-state index contributed by atoms with van der Waals surface area (Å²) < 4.78 is 0. The topological polar surface area (TPSA) is 105 Å². The van der Waals surface area contributed by atoms with Gasteiger partial charge in [-0.25, -0.2) is 4.79 Å². The van der Waals surface area contributed by atoms with E-state index in [1.807, 2.05) is 24.3 Å². The van der Waals surface area contributed by atoms with Crippen molar-refractivity contribution in [1.29, 1.82) is 0 Å². The number of phenols is 1. The number of rotatable bonds is 2. The molecule has 116 valence electrons. The summed E-state index contributed by atoms with van der Waals surface area (Å²) >= 11 is 0. The van der Waals surface area contributed by atoms with Crippen LogP contribution in [0.5, 0.6) is 5.75 Å². The van der Waals surface area contributed by atoms with E-state index < -0.39 is 11.8 Å². The van der Waals surface area contributed by atoms with Gasteiger partial charge in [0.05, 0.1) is 16.5 Å².